The Bertz CT molecular complexity index is 253. The molecule has 1 unspecified atom stereocenters. The number of nitrogens with zero attached hydrogens (tertiary/aromatic N) is 1. The van der Waals surface area contributed by atoms with Crippen molar-refractivity contribution < 1.29 is 13.6 Å². The van der Waals surface area contributed by atoms with Gasteiger partial charge in [-0.05, 0) is 40.6 Å². The molecule has 0 aliphatic rings. The van der Waals surface area contributed by atoms with Gasteiger partial charge in [0.05, 0.1) is 13.2 Å². The van der Waals surface area contributed by atoms with E-state index in [2.05, 4.69) is 6.92 Å². The van der Waals surface area contributed by atoms with E-state index in [1.165, 1.54) is 0 Å². The lowest BCUT2D eigenvalue weighted by Gasteiger charge is -2.42. The van der Waals surface area contributed by atoms with Gasteiger partial charge < -0.3 is 9.05 Å². The summed E-state index contributed by atoms with van der Waals surface area (Å²) in [4.78, 5) is 1.97. The van der Waals surface area contributed by atoms with Crippen molar-refractivity contribution in [1.82, 2.24) is 4.90 Å². The first kappa shape index (κ1) is 17.5. The molecule has 6 heteroatoms. The summed E-state index contributed by atoms with van der Waals surface area (Å²) in [7, 11) is 0.711. The first-order chi connectivity index (χ1) is 7.94. The van der Waals surface area contributed by atoms with Gasteiger partial charge in [-0.25, -0.2) is 0 Å². The lowest BCUT2D eigenvalue weighted by atomic mass is 10.3. The zero-order valence-electron chi connectivity index (χ0n) is 11.9. The van der Waals surface area contributed by atoms with Gasteiger partial charge in [-0.3, -0.25) is 9.46 Å². The molecule has 0 saturated carbocycles. The van der Waals surface area contributed by atoms with Crippen LogP contribution >= 0.6 is 19.4 Å². The van der Waals surface area contributed by atoms with Crippen molar-refractivity contribution in [3.63, 3.8) is 0 Å². The first-order valence-electron chi connectivity index (χ1n) is 6.05. The molecule has 0 aliphatic heterocycles. The predicted molar refractivity (Wildman–Crippen MR) is 75.7 cm³/mol. The van der Waals surface area contributed by atoms with E-state index in [0.29, 0.717) is 13.2 Å². The van der Waals surface area contributed by atoms with E-state index >= 15 is 0 Å². The fourth-order valence-corrected chi connectivity index (χ4v) is 6.04. The van der Waals surface area contributed by atoms with Crippen LogP contribution in [0.4, 0.5) is 0 Å². The second kappa shape index (κ2) is 7.80. The van der Waals surface area contributed by atoms with Gasteiger partial charge in [-0.15, -0.1) is 11.8 Å². The highest BCUT2D eigenvalue weighted by Crippen LogP contribution is 2.66. The number of rotatable bonds is 9. The third-order valence-electron chi connectivity index (χ3n) is 2.63. The van der Waals surface area contributed by atoms with Crippen LogP contribution in [0.2, 0.25) is 0 Å². The molecule has 0 heterocycles. The van der Waals surface area contributed by atoms with Gasteiger partial charge in [0.15, 0.2) is 4.61 Å². The maximum atomic E-state index is 13.0. The van der Waals surface area contributed by atoms with Crippen LogP contribution in [0.25, 0.3) is 0 Å². The van der Waals surface area contributed by atoms with Crippen LogP contribution in [0, 0.1) is 0 Å². The Hall–Kier alpha value is 0.460. The van der Waals surface area contributed by atoms with Crippen LogP contribution in [-0.4, -0.2) is 43.1 Å². The average Bonchev–Trinajstić information content (AvgIpc) is 2.25. The topological polar surface area (TPSA) is 38.8 Å². The minimum Gasteiger partial charge on any atom is -0.307 e. The molecule has 0 aliphatic carbocycles. The van der Waals surface area contributed by atoms with Crippen molar-refractivity contribution in [1.29, 1.82) is 0 Å². The summed E-state index contributed by atoms with van der Waals surface area (Å²) in [6.07, 6.45) is 3.67. The van der Waals surface area contributed by atoms with Gasteiger partial charge >= 0.3 is 7.60 Å². The van der Waals surface area contributed by atoms with Crippen molar-refractivity contribution in [3.8, 4) is 0 Å². The Labute approximate surface area is 110 Å². The second-order valence-corrected chi connectivity index (χ2v) is 7.56. The average molecular weight is 283 g/mol. The minimum atomic E-state index is -3.14. The standard InChI is InChI=1S/C11H26NO3PS/c1-7-10-11(17-6,12(4)5)16(13,14-8-2)15-9-3/h7-10H2,1-6H3. The molecule has 17 heavy (non-hydrogen) atoms. The maximum Gasteiger partial charge on any atom is 0.360 e. The van der Waals surface area contributed by atoms with E-state index in [0.717, 1.165) is 12.8 Å². The molecule has 1 atom stereocenters. The zero-order chi connectivity index (χ0) is 13.5. The predicted octanol–water partition coefficient (Wildman–Crippen LogP) is 3.63. The number of thioether (sulfide) groups is 1. The molecule has 0 spiro atoms. The van der Waals surface area contributed by atoms with Crippen molar-refractivity contribution in [2.75, 3.05) is 33.6 Å². The van der Waals surface area contributed by atoms with Gasteiger partial charge in [-0.2, -0.15) is 0 Å². The van der Waals surface area contributed by atoms with E-state index in [4.69, 9.17) is 9.05 Å². The molecule has 0 N–H and O–H groups in total. The van der Waals surface area contributed by atoms with E-state index in [9.17, 15) is 4.57 Å². The third-order valence-corrected chi connectivity index (χ3v) is 7.74. The molecule has 104 valence electrons. The van der Waals surface area contributed by atoms with E-state index in [-0.39, 0.29) is 0 Å². The summed E-state index contributed by atoms with van der Waals surface area (Å²) < 4.78 is 23.4. The molecule has 0 aromatic carbocycles. The number of hydrogen-bond donors (Lipinski definition) is 0. The molecule has 0 aromatic heterocycles. The Morgan fingerprint density at radius 2 is 1.65 bits per heavy atom. The minimum absolute atomic E-state index is 0.400. The molecular weight excluding hydrogens is 257 g/mol. The summed E-state index contributed by atoms with van der Waals surface area (Å²) in [5, 5.41) is 0. The molecule has 0 fully saturated rings. The largest absolute Gasteiger partial charge is 0.360 e. The summed E-state index contributed by atoms with van der Waals surface area (Å²) in [5.41, 5.74) is 0. The highest BCUT2D eigenvalue weighted by atomic mass is 32.2. The summed E-state index contributed by atoms with van der Waals surface area (Å²) in [6.45, 7) is 6.57. The lowest BCUT2D eigenvalue weighted by Crippen LogP contribution is -2.41. The quantitative estimate of drug-likeness (QED) is 0.477. The first-order valence-corrected chi connectivity index (χ1v) is 8.82. The summed E-state index contributed by atoms with van der Waals surface area (Å²) >= 11 is 1.55. The molecule has 0 amide bonds. The zero-order valence-corrected chi connectivity index (χ0v) is 13.6. The van der Waals surface area contributed by atoms with Gasteiger partial charge in [0.1, 0.15) is 0 Å². The molecule has 0 rings (SSSR count). The third kappa shape index (κ3) is 3.71. The fraction of sp³-hybridized carbons (Fsp3) is 1.00. The van der Waals surface area contributed by atoms with Crippen molar-refractivity contribution in [3.05, 3.63) is 0 Å². The molecule has 4 nitrogen and oxygen atoms in total. The Morgan fingerprint density at radius 3 is 1.88 bits per heavy atom. The Kier molecular flexibility index (Phi) is 8.01. The van der Waals surface area contributed by atoms with Crippen LogP contribution in [0.1, 0.15) is 33.6 Å². The van der Waals surface area contributed by atoms with Crippen LogP contribution in [0.15, 0.2) is 0 Å². The smallest absolute Gasteiger partial charge is 0.307 e. The lowest BCUT2D eigenvalue weighted by molar-refractivity contribution is 0.172. The van der Waals surface area contributed by atoms with Crippen molar-refractivity contribution in [2.45, 2.75) is 38.2 Å². The van der Waals surface area contributed by atoms with E-state index in [1.54, 1.807) is 11.8 Å². The van der Waals surface area contributed by atoms with Crippen LogP contribution in [0.5, 0.6) is 0 Å². The SMILES string of the molecule is CCCC(SC)(N(C)C)P(=O)(OCC)OCC. The van der Waals surface area contributed by atoms with Crippen molar-refractivity contribution in [2.24, 2.45) is 0 Å². The molecular formula is C11H26NO3PS. The number of hydrogen-bond acceptors (Lipinski definition) is 5. The van der Waals surface area contributed by atoms with Crippen LogP contribution in [0.3, 0.4) is 0 Å². The van der Waals surface area contributed by atoms with Gasteiger partial charge in [0.2, 0.25) is 0 Å². The normalized spacial score (nSPS) is 16.2. The van der Waals surface area contributed by atoms with Gasteiger partial charge in [0, 0.05) is 0 Å². The fourth-order valence-electron chi connectivity index (χ4n) is 1.91. The van der Waals surface area contributed by atoms with E-state index in [1.807, 2.05) is 39.1 Å². The highest BCUT2D eigenvalue weighted by molar-refractivity contribution is 8.05. The summed E-state index contributed by atoms with van der Waals surface area (Å²) in [5.74, 6) is 0. The highest BCUT2D eigenvalue weighted by Gasteiger charge is 2.51. The molecule has 0 saturated heterocycles. The van der Waals surface area contributed by atoms with Crippen LogP contribution in [-0.2, 0) is 13.6 Å². The molecule has 0 aromatic rings. The second-order valence-electron chi connectivity index (χ2n) is 3.92. The molecule has 0 radical (unpaired) electrons. The molecule has 0 bridgehead atoms. The van der Waals surface area contributed by atoms with Crippen LogP contribution < -0.4 is 0 Å². The monoisotopic (exact) mass is 283 g/mol. The maximum absolute atomic E-state index is 13.0. The van der Waals surface area contributed by atoms with Gasteiger partial charge in [0.25, 0.3) is 0 Å². The van der Waals surface area contributed by atoms with E-state index < -0.39 is 12.2 Å². The summed E-state index contributed by atoms with van der Waals surface area (Å²) in [6, 6.07) is 0. The Balaban J connectivity index is 5.40. The van der Waals surface area contributed by atoms with Gasteiger partial charge in [-0.1, -0.05) is 13.3 Å². The van der Waals surface area contributed by atoms with Crippen molar-refractivity contribution >= 4 is 19.4 Å². The Morgan fingerprint density at radius 1 is 1.18 bits per heavy atom.